The van der Waals surface area contributed by atoms with Crippen molar-refractivity contribution in [2.75, 3.05) is 0 Å². The van der Waals surface area contributed by atoms with Gasteiger partial charge in [-0.1, -0.05) is 48.5 Å². The van der Waals surface area contributed by atoms with Gasteiger partial charge in [0.05, 0.1) is 12.5 Å². The maximum Gasteiger partial charge on any atom is 0.184 e. The van der Waals surface area contributed by atoms with Gasteiger partial charge in [-0.25, -0.2) is 0 Å². The Morgan fingerprint density at radius 3 is 2.24 bits per heavy atom. The summed E-state index contributed by atoms with van der Waals surface area (Å²) < 4.78 is 4.56. The fourth-order valence-corrected chi connectivity index (χ4v) is 3.66. The lowest BCUT2D eigenvalue weighted by molar-refractivity contribution is 0.548. The van der Waals surface area contributed by atoms with E-state index in [0.29, 0.717) is 0 Å². The summed E-state index contributed by atoms with van der Waals surface area (Å²) in [5, 5.41) is 5.64. The number of aryl methyl sites for hydroxylation is 2. The molecule has 0 saturated heterocycles. The Labute approximate surface area is 146 Å². The summed E-state index contributed by atoms with van der Waals surface area (Å²) in [5.74, 6) is 0. The van der Waals surface area contributed by atoms with Crippen LogP contribution in [-0.2, 0) is 12.8 Å². The molecule has 0 fully saturated rings. The first-order valence-electron chi connectivity index (χ1n) is 8.78. The van der Waals surface area contributed by atoms with Crippen LogP contribution in [0.3, 0.4) is 0 Å². The van der Waals surface area contributed by atoms with Gasteiger partial charge in [0.25, 0.3) is 0 Å². The molecule has 1 heterocycles. The minimum absolute atomic E-state index is 0.0220. The number of fused-ring (bicyclic) bond motifs is 5. The SMILES string of the molecule is O=c1ccocc1.c1ccc2c(c1)ccc1c3c(ccc12)CCCC3. The molecule has 0 N–H and O–H groups in total. The average molecular weight is 328 g/mol. The lowest BCUT2D eigenvalue weighted by Crippen LogP contribution is -2.02. The summed E-state index contributed by atoms with van der Waals surface area (Å²) >= 11 is 0. The van der Waals surface area contributed by atoms with Crippen molar-refractivity contribution in [2.45, 2.75) is 25.7 Å². The first-order chi connectivity index (χ1) is 12.3. The standard InChI is InChI=1S/C18H16.C5H4O2/c1-3-7-15-13(5-1)9-11-18-16-8-4-2-6-14(16)10-12-17(15)18;6-5-1-3-7-4-2-5/h1,3,5,7,9-12H,2,4,6,8H2;1-4H. The van der Waals surface area contributed by atoms with E-state index >= 15 is 0 Å². The average Bonchev–Trinajstić information content (AvgIpc) is 2.68. The first kappa shape index (κ1) is 15.6. The van der Waals surface area contributed by atoms with Gasteiger partial charge in [-0.15, -0.1) is 0 Å². The molecule has 3 aromatic carbocycles. The highest BCUT2D eigenvalue weighted by molar-refractivity contribution is 6.08. The Balaban J connectivity index is 0.000000190. The predicted molar refractivity (Wildman–Crippen MR) is 103 cm³/mol. The van der Waals surface area contributed by atoms with E-state index in [-0.39, 0.29) is 5.43 Å². The van der Waals surface area contributed by atoms with Crippen molar-refractivity contribution in [2.24, 2.45) is 0 Å². The number of benzene rings is 3. The zero-order valence-electron chi connectivity index (χ0n) is 14.1. The van der Waals surface area contributed by atoms with Crippen LogP contribution in [0.5, 0.6) is 0 Å². The minimum Gasteiger partial charge on any atom is -0.472 e. The monoisotopic (exact) mass is 328 g/mol. The van der Waals surface area contributed by atoms with Crippen molar-refractivity contribution in [3.8, 4) is 0 Å². The van der Waals surface area contributed by atoms with Crippen molar-refractivity contribution in [1.29, 1.82) is 0 Å². The Bertz CT molecular complexity index is 1060. The smallest absolute Gasteiger partial charge is 0.184 e. The number of rotatable bonds is 0. The van der Waals surface area contributed by atoms with E-state index in [4.69, 9.17) is 0 Å². The van der Waals surface area contributed by atoms with Crippen LogP contribution < -0.4 is 5.43 Å². The van der Waals surface area contributed by atoms with Crippen molar-refractivity contribution in [1.82, 2.24) is 0 Å². The van der Waals surface area contributed by atoms with Crippen molar-refractivity contribution in [3.63, 3.8) is 0 Å². The van der Waals surface area contributed by atoms with Crippen LogP contribution in [0.2, 0.25) is 0 Å². The Morgan fingerprint density at radius 1 is 0.680 bits per heavy atom. The van der Waals surface area contributed by atoms with E-state index < -0.39 is 0 Å². The maximum atomic E-state index is 10.2. The van der Waals surface area contributed by atoms with Gasteiger partial charge in [-0.2, -0.15) is 0 Å². The molecule has 0 unspecified atom stereocenters. The van der Waals surface area contributed by atoms with Crippen LogP contribution in [0.25, 0.3) is 21.5 Å². The van der Waals surface area contributed by atoms with Crippen LogP contribution in [0, 0.1) is 0 Å². The van der Waals surface area contributed by atoms with Crippen LogP contribution >= 0.6 is 0 Å². The van der Waals surface area contributed by atoms with E-state index in [0.717, 1.165) is 0 Å². The molecule has 1 aliphatic rings. The van der Waals surface area contributed by atoms with Crippen LogP contribution in [0.4, 0.5) is 0 Å². The molecule has 0 bridgehead atoms. The summed E-state index contributed by atoms with van der Waals surface area (Å²) in [6.07, 6.45) is 7.92. The quantitative estimate of drug-likeness (QED) is 0.398. The molecule has 0 amide bonds. The highest BCUT2D eigenvalue weighted by atomic mass is 16.3. The molecule has 2 nitrogen and oxygen atoms in total. The molecule has 0 saturated carbocycles. The van der Waals surface area contributed by atoms with Gasteiger partial charge in [0.1, 0.15) is 0 Å². The molecule has 5 rings (SSSR count). The summed E-state index contributed by atoms with van der Waals surface area (Å²) in [5.41, 5.74) is 3.15. The van der Waals surface area contributed by atoms with E-state index in [9.17, 15) is 4.79 Å². The second-order valence-electron chi connectivity index (χ2n) is 6.44. The van der Waals surface area contributed by atoms with Crippen molar-refractivity contribution >= 4 is 21.5 Å². The van der Waals surface area contributed by atoms with Crippen LogP contribution in [-0.4, -0.2) is 0 Å². The Morgan fingerprint density at radius 2 is 1.44 bits per heavy atom. The van der Waals surface area contributed by atoms with Gasteiger partial charge in [0, 0.05) is 12.1 Å². The maximum absolute atomic E-state index is 10.2. The van der Waals surface area contributed by atoms with E-state index in [1.165, 1.54) is 71.9 Å². The van der Waals surface area contributed by atoms with Gasteiger partial charge in [-0.05, 0) is 58.4 Å². The molecule has 124 valence electrons. The summed E-state index contributed by atoms with van der Waals surface area (Å²) in [4.78, 5) is 10.2. The molecule has 0 aliphatic heterocycles. The molecule has 0 spiro atoms. The van der Waals surface area contributed by atoms with Gasteiger partial charge < -0.3 is 4.42 Å². The number of hydrogen-bond acceptors (Lipinski definition) is 2. The van der Waals surface area contributed by atoms with Gasteiger partial charge in [-0.3, -0.25) is 4.79 Å². The third-order valence-corrected chi connectivity index (χ3v) is 4.88. The van der Waals surface area contributed by atoms with Crippen molar-refractivity contribution in [3.05, 3.63) is 94.5 Å². The molecule has 25 heavy (non-hydrogen) atoms. The van der Waals surface area contributed by atoms with Crippen LogP contribution in [0.15, 0.2) is 82.4 Å². The second-order valence-corrected chi connectivity index (χ2v) is 6.44. The first-order valence-corrected chi connectivity index (χ1v) is 8.78. The van der Waals surface area contributed by atoms with E-state index in [2.05, 4.69) is 52.9 Å². The fraction of sp³-hybridized carbons (Fsp3) is 0.174. The third-order valence-electron chi connectivity index (χ3n) is 4.88. The highest BCUT2D eigenvalue weighted by Gasteiger charge is 2.13. The van der Waals surface area contributed by atoms with E-state index in [1.807, 2.05) is 0 Å². The Hall–Kier alpha value is -2.87. The molecule has 0 atom stereocenters. The minimum atomic E-state index is -0.0220. The Kier molecular flexibility index (Phi) is 4.34. The van der Waals surface area contributed by atoms with Gasteiger partial charge in [0.15, 0.2) is 5.43 Å². The van der Waals surface area contributed by atoms with E-state index in [1.54, 1.807) is 11.1 Å². The largest absolute Gasteiger partial charge is 0.472 e. The molecular weight excluding hydrogens is 308 g/mol. The lowest BCUT2D eigenvalue weighted by atomic mass is 9.86. The van der Waals surface area contributed by atoms with Gasteiger partial charge in [0.2, 0.25) is 0 Å². The summed E-state index contributed by atoms with van der Waals surface area (Å²) in [6.45, 7) is 0. The predicted octanol–water partition coefficient (Wildman–Crippen LogP) is 5.51. The normalized spacial score (nSPS) is 13.1. The zero-order chi connectivity index (χ0) is 17.1. The summed E-state index contributed by atoms with van der Waals surface area (Å²) in [7, 11) is 0. The molecular formula is C23H20O2. The second kappa shape index (κ2) is 6.94. The van der Waals surface area contributed by atoms with Gasteiger partial charge >= 0.3 is 0 Å². The fourth-order valence-electron chi connectivity index (χ4n) is 3.66. The molecule has 1 aliphatic carbocycles. The molecule has 2 heteroatoms. The zero-order valence-corrected chi connectivity index (χ0v) is 14.1. The van der Waals surface area contributed by atoms with Crippen LogP contribution in [0.1, 0.15) is 24.0 Å². The lowest BCUT2D eigenvalue weighted by Gasteiger charge is -2.18. The molecule has 1 aromatic heterocycles. The number of hydrogen-bond donors (Lipinski definition) is 0. The van der Waals surface area contributed by atoms with Crippen molar-refractivity contribution < 1.29 is 4.42 Å². The summed E-state index contributed by atoms with van der Waals surface area (Å²) in [6, 6.07) is 20.7. The third kappa shape index (κ3) is 3.20. The molecule has 0 radical (unpaired) electrons. The molecule has 4 aromatic rings. The highest BCUT2D eigenvalue weighted by Crippen LogP contribution is 2.33. The topological polar surface area (TPSA) is 30.2 Å².